The molecule has 0 saturated carbocycles. The van der Waals surface area contributed by atoms with E-state index in [4.69, 9.17) is 4.74 Å². The number of rotatable bonds is 1. The molecule has 2 saturated heterocycles. The molecular formula is C8H14N2O2. The van der Waals surface area contributed by atoms with Crippen LogP contribution in [0.5, 0.6) is 0 Å². The Balaban J connectivity index is 2.04. The standard InChI is InChI=1S/C8H14N2O2/c1-12-7-2-6-3-9-4-8(11)10(6)5-7/h6-7,9H,2-5H2,1H3. The van der Waals surface area contributed by atoms with E-state index >= 15 is 0 Å². The normalized spacial score (nSPS) is 35.4. The summed E-state index contributed by atoms with van der Waals surface area (Å²) in [4.78, 5) is 13.3. The lowest BCUT2D eigenvalue weighted by Crippen LogP contribution is -2.51. The number of carbonyl (C=O) groups excluding carboxylic acids is 1. The number of hydrogen-bond acceptors (Lipinski definition) is 3. The fourth-order valence-corrected chi connectivity index (χ4v) is 1.99. The molecule has 2 heterocycles. The summed E-state index contributed by atoms with van der Waals surface area (Å²) in [6.45, 7) is 2.19. The van der Waals surface area contributed by atoms with Crippen LogP contribution in [0.15, 0.2) is 0 Å². The number of fused-ring (bicyclic) bond motifs is 1. The van der Waals surface area contributed by atoms with Crippen molar-refractivity contribution in [2.75, 3.05) is 26.7 Å². The van der Waals surface area contributed by atoms with E-state index in [2.05, 4.69) is 5.32 Å². The van der Waals surface area contributed by atoms with Gasteiger partial charge in [-0.25, -0.2) is 0 Å². The Hall–Kier alpha value is -0.610. The zero-order valence-electron chi connectivity index (χ0n) is 7.25. The van der Waals surface area contributed by atoms with Crippen molar-refractivity contribution in [1.29, 1.82) is 0 Å². The topological polar surface area (TPSA) is 41.6 Å². The molecule has 0 aromatic rings. The van der Waals surface area contributed by atoms with E-state index in [0.717, 1.165) is 19.5 Å². The summed E-state index contributed by atoms with van der Waals surface area (Å²) in [5.74, 6) is 0.214. The van der Waals surface area contributed by atoms with Gasteiger partial charge in [0.25, 0.3) is 0 Å². The minimum absolute atomic E-state index is 0.214. The Morgan fingerprint density at radius 3 is 3.17 bits per heavy atom. The van der Waals surface area contributed by atoms with Crippen molar-refractivity contribution in [2.24, 2.45) is 0 Å². The number of amides is 1. The van der Waals surface area contributed by atoms with E-state index in [9.17, 15) is 4.79 Å². The van der Waals surface area contributed by atoms with Gasteiger partial charge in [0, 0.05) is 26.2 Å². The van der Waals surface area contributed by atoms with Crippen molar-refractivity contribution in [2.45, 2.75) is 18.6 Å². The van der Waals surface area contributed by atoms with Crippen LogP contribution in [-0.2, 0) is 9.53 Å². The number of piperazine rings is 1. The quantitative estimate of drug-likeness (QED) is 0.560. The zero-order chi connectivity index (χ0) is 8.55. The summed E-state index contributed by atoms with van der Waals surface area (Å²) in [6.07, 6.45) is 1.23. The van der Waals surface area contributed by atoms with Gasteiger partial charge in [0.2, 0.25) is 5.91 Å². The van der Waals surface area contributed by atoms with Crippen LogP contribution in [-0.4, -0.2) is 49.7 Å². The van der Waals surface area contributed by atoms with Crippen LogP contribution in [0.3, 0.4) is 0 Å². The molecule has 12 heavy (non-hydrogen) atoms. The predicted molar refractivity (Wildman–Crippen MR) is 43.8 cm³/mol. The van der Waals surface area contributed by atoms with Gasteiger partial charge in [0.1, 0.15) is 0 Å². The molecule has 0 bridgehead atoms. The predicted octanol–water partition coefficient (Wildman–Crippen LogP) is -0.794. The summed E-state index contributed by atoms with van der Waals surface area (Å²) >= 11 is 0. The maximum Gasteiger partial charge on any atom is 0.236 e. The van der Waals surface area contributed by atoms with Crippen molar-refractivity contribution in [3.05, 3.63) is 0 Å². The molecule has 2 atom stereocenters. The van der Waals surface area contributed by atoms with E-state index in [1.165, 1.54) is 0 Å². The summed E-state index contributed by atoms with van der Waals surface area (Å²) in [5.41, 5.74) is 0. The van der Waals surface area contributed by atoms with Crippen LogP contribution in [0.4, 0.5) is 0 Å². The van der Waals surface area contributed by atoms with Crippen LogP contribution < -0.4 is 5.32 Å². The monoisotopic (exact) mass is 170 g/mol. The lowest BCUT2D eigenvalue weighted by atomic mass is 10.2. The van der Waals surface area contributed by atoms with Crippen molar-refractivity contribution in [1.82, 2.24) is 10.2 Å². The molecule has 1 amide bonds. The Labute approximate surface area is 71.9 Å². The molecule has 2 fully saturated rings. The Bertz CT molecular complexity index is 195. The van der Waals surface area contributed by atoms with Gasteiger partial charge in [-0.05, 0) is 6.42 Å². The van der Waals surface area contributed by atoms with E-state index in [0.29, 0.717) is 12.6 Å². The van der Waals surface area contributed by atoms with Gasteiger partial charge < -0.3 is 15.0 Å². The Morgan fingerprint density at radius 2 is 2.50 bits per heavy atom. The maximum absolute atomic E-state index is 11.3. The average molecular weight is 170 g/mol. The molecule has 2 unspecified atom stereocenters. The van der Waals surface area contributed by atoms with Gasteiger partial charge >= 0.3 is 0 Å². The van der Waals surface area contributed by atoms with Crippen LogP contribution >= 0.6 is 0 Å². The molecular weight excluding hydrogens is 156 g/mol. The molecule has 2 aliphatic heterocycles. The first kappa shape index (κ1) is 8.01. The second-order valence-corrected chi connectivity index (χ2v) is 3.42. The number of ether oxygens (including phenoxy) is 1. The first-order valence-corrected chi connectivity index (χ1v) is 4.34. The van der Waals surface area contributed by atoms with Crippen molar-refractivity contribution < 1.29 is 9.53 Å². The Morgan fingerprint density at radius 1 is 1.67 bits per heavy atom. The zero-order valence-corrected chi connectivity index (χ0v) is 7.25. The average Bonchev–Trinajstić information content (AvgIpc) is 2.49. The van der Waals surface area contributed by atoms with Crippen molar-refractivity contribution in [3.63, 3.8) is 0 Å². The van der Waals surface area contributed by atoms with Gasteiger partial charge in [0.15, 0.2) is 0 Å². The smallest absolute Gasteiger partial charge is 0.236 e. The summed E-state index contributed by atoms with van der Waals surface area (Å²) in [6, 6.07) is 0.371. The molecule has 0 aliphatic carbocycles. The van der Waals surface area contributed by atoms with Crippen molar-refractivity contribution in [3.8, 4) is 0 Å². The van der Waals surface area contributed by atoms with Crippen molar-refractivity contribution >= 4 is 5.91 Å². The molecule has 0 radical (unpaired) electrons. The highest BCUT2D eigenvalue weighted by atomic mass is 16.5. The van der Waals surface area contributed by atoms with Crippen LogP contribution in [0, 0.1) is 0 Å². The summed E-state index contributed by atoms with van der Waals surface area (Å²) in [7, 11) is 1.71. The summed E-state index contributed by atoms with van der Waals surface area (Å²) in [5, 5.41) is 3.10. The van der Waals surface area contributed by atoms with Gasteiger partial charge in [-0.3, -0.25) is 4.79 Å². The fourth-order valence-electron chi connectivity index (χ4n) is 1.99. The van der Waals surface area contributed by atoms with Gasteiger partial charge in [-0.1, -0.05) is 0 Å². The van der Waals surface area contributed by atoms with Gasteiger partial charge in [0.05, 0.1) is 12.6 Å². The highest BCUT2D eigenvalue weighted by molar-refractivity contribution is 5.79. The second-order valence-electron chi connectivity index (χ2n) is 3.42. The summed E-state index contributed by atoms with van der Waals surface area (Å²) < 4.78 is 5.23. The maximum atomic E-state index is 11.3. The molecule has 2 rings (SSSR count). The molecule has 1 N–H and O–H groups in total. The highest BCUT2D eigenvalue weighted by Gasteiger charge is 2.37. The SMILES string of the molecule is COC1CC2CNCC(=O)N2C1. The van der Waals surface area contributed by atoms with E-state index in [1.807, 2.05) is 4.90 Å². The molecule has 4 heteroatoms. The second kappa shape index (κ2) is 3.03. The molecule has 2 aliphatic rings. The lowest BCUT2D eigenvalue weighted by molar-refractivity contribution is -0.133. The first-order valence-electron chi connectivity index (χ1n) is 4.34. The van der Waals surface area contributed by atoms with Crippen LogP contribution in [0.1, 0.15) is 6.42 Å². The molecule has 4 nitrogen and oxygen atoms in total. The van der Waals surface area contributed by atoms with Crippen LogP contribution in [0.2, 0.25) is 0 Å². The third kappa shape index (κ3) is 1.21. The molecule has 0 aromatic carbocycles. The van der Waals surface area contributed by atoms with E-state index in [1.54, 1.807) is 7.11 Å². The fraction of sp³-hybridized carbons (Fsp3) is 0.875. The number of nitrogens with zero attached hydrogens (tertiary/aromatic N) is 1. The van der Waals surface area contributed by atoms with E-state index in [-0.39, 0.29) is 12.0 Å². The molecule has 68 valence electrons. The minimum Gasteiger partial charge on any atom is -0.380 e. The third-order valence-corrected chi connectivity index (χ3v) is 2.69. The highest BCUT2D eigenvalue weighted by Crippen LogP contribution is 2.21. The minimum atomic E-state index is 0.214. The largest absolute Gasteiger partial charge is 0.380 e. The van der Waals surface area contributed by atoms with Gasteiger partial charge in [-0.15, -0.1) is 0 Å². The van der Waals surface area contributed by atoms with E-state index < -0.39 is 0 Å². The lowest BCUT2D eigenvalue weighted by Gasteiger charge is -2.29. The number of hydrogen-bond donors (Lipinski definition) is 1. The van der Waals surface area contributed by atoms with Gasteiger partial charge in [-0.2, -0.15) is 0 Å². The molecule has 0 aromatic heterocycles. The number of methoxy groups -OCH3 is 1. The number of carbonyl (C=O) groups is 1. The van der Waals surface area contributed by atoms with Crippen LogP contribution in [0.25, 0.3) is 0 Å². The Kier molecular flexibility index (Phi) is 2.02. The number of nitrogens with one attached hydrogen (secondary N) is 1. The first-order chi connectivity index (χ1) is 5.81. The molecule has 0 spiro atoms. The third-order valence-electron chi connectivity index (χ3n) is 2.69.